The molecule has 1 aliphatic heterocycles. The lowest BCUT2D eigenvalue weighted by Crippen LogP contribution is -2.44. The molecule has 1 aliphatic rings. The highest BCUT2D eigenvalue weighted by molar-refractivity contribution is 5.80. The second kappa shape index (κ2) is 5.69. The molecular formula is C15H23N3O2. The molecule has 1 aromatic rings. The maximum Gasteiger partial charge on any atom is 0.225 e. The average Bonchev–Trinajstić information content (AvgIpc) is 2.86. The fraction of sp³-hybridized carbons (Fsp3) is 0.600. The molecule has 1 amide bonds. The monoisotopic (exact) mass is 277 g/mol. The van der Waals surface area contributed by atoms with Crippen LogP contribution in [-0.4, -0.2) is 36.6 Å². The molecule has 20 heavy (non-hydrogen) atoms. The van der Waals surface area contributed by atoms with Crippen LogP contribution in [0.2, 0.25) is 0 Å². The molecule has 1 fully saturated rings. The van der Waals surface area contributed by atoms with Crippen molar-refractivity contribution in [3.8, 4) is 5.75 Å². The van der Waals surface area contributed by atoms with Crippen LogP contribution in [-0.2, 0) is 4.79 Å². The largest absolute Gasteiger partial charge is 0.493 e. The first-order chi connectivity index (χ1) is 9.40. The third kappa shape index (κ3) is 3.40. The number of nitrogens with zero attached hydrogens (tertiary/aromatic N) is 2. The zero-order chi connectivity index (χ0) is 14.8. The molecule has 2 rings (SSSR count). The summed E-state index contributed by atoms with van der Waals surface area (Å²) in [5.41, 5.74) is -0.187. The number of hydrogen-bond donors (Lipinski definition) is 1. The van der Waals surface area contributed by atoms with Gasteiger partial charge in [0.1, 0.15) is 0 Å². The van der Waals surface area contributed by atoms with Crippen LogP contribution in [0.15, 0.2) is 18.3 Å². The minimum Gasteiger partial charge on any atom is -0.493 e. The average molecular weight is 277 g/mol. The van der Waals surface area contributed by atoms with E-state index in [0.717, 1.165) is 24.5 Å². The molecule has 0 aromatic carbocycles. The molecule has 0 spiro atoms. The summed E-state index contributed by atoms with van der Waals surface area (Å²) in [6.07, 6.45) is 2.60. The van der Waals surface area contributed by atoms with E-state index in [1.807, 2.05) is 32.9 Å². The van der Waals surface area contributed by atoms with Gasteiger partial charge in [0.05, 0.1) is 13.0 Å². The maximum atomic E-state index is 12.2. The number of hydrogen-bond acceptors (Lipinski definition) is 4. The Bertz CT molecular complexity index is 482. The highest BCUT2D eigenvalue weighted by atomic mass is 16.5. The van der Waals surface area contributed by atoms with Crippen molar-refractivity contribution in [2.75, 3.05) is 25.1 Å². The van der Waals surface area contributed by atoms with E-state index in [1.54, 1.807) is 13.3 Å². The van der Waals surface area contributed by atoms with Crippen molar-refractivity contribution >= 4 is 11.7 Å². The second-order valence-electron chi connectivity index (χ2n) is 6.20. The van der Waals surface area contributed by atoms with Crippen molar-refractivity contribution < 1.29 is 9.53 Å². The third-order valence-electron chi connectivity index (χ3n) is 3.33. The summed E-state index contributed by atoms with van der Waals surface area (Å²) in [5.74, 6) is 1.71. The highest BCUT2D eigenvalue weighted by Gasteiger charge is 2.31. The zero-order valence-electron chi connectivity index (χ0n) is 12.6. The van der Waals surface area contributed by atoms with Gasteiger partial charge in [-0.15, -0.1) is 0 Å². The molecule has 0 radical (unpaired) electrons. The van der Waals surface area contributed by atoms with E-state index in [9.17, 15) is 4.79 Å². The van der Waals surface area contributed by atoms with E-state index in [4.69, 9.17) is 4.74 Å². The van der Waals surface area contributed by atoms with E-state index in [1.165, 1.54) is 0 Å². The number of rotatable bonds is 3. The van der Waals surface area contributed by atoms with Crippen molar-refractivity contribution in [3.05, 3.63) is 18.3 Å². The lowest BCUT2D eigenvalue weighted by atomic mass is 10.0. The predicted molar refractivity (Wildman–Crippen MR) is 79.0 cm³/mol. The van der Waals surface area contributed by atoms with Crippen LogP contribution >= 0.6 is 0 Å². The van der Waals surface area contributed by atoms with Crippen LogP contribution < -0.4 is 15.0 Å². The summed E-state index contributed by atoms with van der Waals surface area (Å²) in [7, 11) is 1.64. The lowest BCUT2D eigenvalue weighted by Gasteiger charge is -2.23. The number of ether oxygens (including phenoxy) is 1. The quantitative estimate of drug-likeness (QED) is 0.916. The van der Waals surface area contributed by atoms with Crippen LogP contribution in [0.5, 0.6) is 5.75 Å². The molecule has 5 nitrogen and oxygen atoms in total. The topological polar surface area (TPSA) is 54.5 Å². The smallest absolute Gasteiger partial charge is 0.225 e. The van der Waals surface area contributed by atoms with E-state index in [2.05, 4.69) is 15.2 Å². The third-order valence-corrected chi connectivity index (χ3v) is 3.33. The fourth-order valence-electron chi connectivity index (χ4n) is 2.42. The molecule has 0 aliphatic carbocycles. The van der Waals surface area contributed by atoms with Gasteiger partial charge < -0.3 is 15.0 Å². The standard InChI is InChI=1S/C15H23N3O2/c1-15(2,3)17-14(19)11-7-9-18(10-11)13-12(20-4)6-5-8-16-13/h5-6,8,11H,7,9-10H2,1-4H3,(H,17,19). The molecule has 1 aromatic heterocycles. The van der Waals surface area contributed by atoms with Gasteiger partial charge in [-0.1, -0.05) is 0 Å². The number of methoxy groups -OCH3 is 1. The van der Waals surface area contributed by atoms with Gasteiger partial charge in [0, 0.05) is 24.8 Å². The van der Waals surface area contributed by atoms with Crippen molar-refractivity contribution in [2.24, 2.45) is 5.92 Å². The molecule has 5 heteroatoms. The molecule has 0 bridgehead atoms. The van der Waals surface area contributed by atoms with Gasteiger partial charge >= 0.3 is 0 Å². The molecule has 0 saturated carbocycles. The van der Waals surface area contributed by atoms with Crippen molar-refractivity contribution in [1.82, 2.24) is 10.3 Å². The van der Waals surface area contributed by atoms with Crippen LogP contribution in [0.4, 0.5) is 5.82 Å². The molecule has 1 unspecified atom stereocenters. The Morgan fingerprint density at radius 1 is 1.50 bits per heavy atom. The summed E-state index contributed by atoms with van der Waals surface area (Å²) in [6.45, 7) is 7.52. The Balaban J connectivity index is 2.04. The number of anilines is 1. The summed E-state index contributed by atoms with van der Waals surface area (Å²) in [4.78, 5) is 18.7. The number of aromatic nitrogens is 1. The Morgan fingerprint density at radius 2 is 2.25 bits per heavy atom. The maximum absolute atomic E-state index is 12.2. The van der Waals surface area contributed by atoms with E-state index >= 15 is 0 Å². The number of carbonyl (C=O) groups excluding carboxylic acids is 1. The Morgan fingerprint density at radius 3 is 2.90 bits per heavy atom. The van der Waals surface area contributed by atoms with Crippen molar-refractivity contribution in [2.45, 2.75) is 32.7 Å². The normalized spacial score (nSPS) is 19.0. The van der Waals surface area contributed by atoms with Gasteiger partial charge in [-0.05, 0) is 39.3 Å². The molecule has 2 heterocycles. The van der Waals surface area contributed by atoms with Crippen LogP contribution in [0, 0.1) is 5.92 Å². The lowest BCUT2D eigenvalue weighted by molar-refractivity contribution is -0.125. The van der Waals surface area contributed by atoms with E-state index in [0.29, 0.717) is 6.54 Å². The van der Waals surface area contributed by atoms with Crippen molar-refractivity contribution in [3.63, 3.8) is 0 Å². The van der Waals surface area contributed by atoms with Gasteiger partial charge in [0.15, 0.2) is 11.6 Å². The summed E-state index contributed by atoms with van der Waals surface area (Å²) in [5, 5.41) is 3.04. The zero-order valence-corrected chi connectivity index (χ0v) is 12.6. The first-order valence-corrected chi connectivity index (χ1v) is 6.96. The van der Waals surface area contributed by atoms with Crippen LogP contribution in [0.1, 0.15) is 27.2 Å². The number of amides is 1. The van der Waals surface area contributed by atoms with Gasteiger partial charge in [-0.2, -0.15) is 0 Å². The summed E-state index contributed by atoms with van der Waals surface area (Å²) >= 11 is 0. The molecule has 1 atom stereocenters. The van der Waals surface area contributed by atoms with Crippen LogP contribution in [0.3, 0.4) is 0 Å². The van der Waals surface area contributed by atoms with E-state index < -0.39 is 0 Å². The van der Waals surface area contributed by atoms with Gasteiger partial charge in [0.2, 0.25) is 5.91 Å². The SMILES string of the molecule is COc1cccnc1N1CCC(C(=O)NC(C)(C)C)C1. The van der Waals surface area contributed by atoms with Gasteiger partial charge in [0.25, 0.3) is 0 Å². The molecule has 110 valence electrons. The van der Waals surface area contributed by atoms with Crippen molar-refractivity contribution in [1.29, 1.82) is 0 Å². The number of carbonyl (C=O) groups is 1. The Hall–Kier alpha value is -1.78. The minimum atomic E-state index is -0.187. The summed E-state index contributed by atoms with van der Waals surface area (Å²) in [6, 6.07) is 3.74. The molecule has 1 N–H and O–H groups in total. The number of nitrogens with one attached hydrogen (secondary N) is 1. The first kappa shape index (κ1) is 14.6. The fourth-order valence-corrected chi connectivity index (χ4v) is 2.42. The summed E-state index contributed by atoms with van der Waals surface area (Å²) < 4.78 is 5.33. The number of pyridine rings is 1. The van der Waals surface area contributed by atoms with Gasteiger partial charge in [-0.25, -0.2) is 4.98 Å². The highest BCUT2D eigenvalue weighted by Crippen LogP contribution is 2.29. The Labute approximate surface area is 120 Å². The van der Waals surface area contributed by atoms with E-state index in [-0.39, 0.29) is 17.4 Å². The second-order valence-corrected chi connectivity index (χ2v) is 6.20. The Kier molecular flexibility index (Phi) is 4.16. The molecule has 1 saturated heterocycles. The predicted octanol–water partition coefficient (Wildman–Crippen LogP) is 1.83. The molecular weight excluding hydrogens is 254 g/mol. The van der Waals surface area contributed by atoms with Crippen LogP contribution in [0.25, 0.3) is 0 Å². The first-order valence-electron chi connectivity index (χ1n) is 6.96. The minimum absolute atomic E-state index is 0.0148. The van der Waals surface area contributed by atoms with Gasteiger partial charge in [-0.3, -0.25) is 4.79 Å².